The topological polar surface area (TPSA) is 47.5 Å². The Kier molecular flexibility index (Phi) is 4.69. The quantitative estimate of drug-likeness (QED) is 0.835. The molecule has 0 amide bonds. The zero-order valence-corrected chi connectivity index (χ0v) is 13.9. The van der Waals surface area contributed by atoms with E-state index in [1.165, 1.54) is 0 Å². The van der Waals surface area contributed by atoms with Crippen molar-refractivity contribution in [3.05, 3.63) is 41.7 Å². The molecule has 1 aromatic heterocycles. The molecule has 1 fully saturated rings. The molecule has 0 saturated carbocycles. The Labute approximate surface area is 143 Å². The summed E-state index contributed by atoms with van der Waals surface area (Å²) < 4.78 is 49.5. The van der Waals surface area contributed by atoms with E-state index in [-0.39, 0.29) is 12.0 Å². The van der Waals surface area contributed by atoms with Crippen molar-refractivity contribution in [3.8, 4) is 11.5 Å². The molecule has 2 aromatic rings. The lowest BCUT2D eigenvalue weighted by Crippen LogP contribution is -2.26. The molecular weight excluding hydrogens is 335 g/mol. The lowest BCUT2D eigenvalue weighted by Gasteiger charge is -2.27. The lowest BCUT2D eigenvalue weighted by molar-refractivity contribution is -0.141. The van der Waals surface area contributed by atoms with Gasteiger partial charge in [0.25, 0.3) is 0 Å². The number of methoxy groups -OCH3 is 2. The molecule has 5 nitrogen and oxygen atoms in total. The summed E-state index contributed by atoms with van der Waals surface area (Å²) in [5.41, 5.74) is -0.0962. The van der Waals surface area contributed by atoms with Gasteiger partial charge in [-0.1, -0.05) is 0 Å². The fraction of sp³-hybridized carbons (Fsp3) is 0.412. The Hall–Kier alpha value is -2.51. The van der Waals surface area contributed by atoms with Gasteiger partial charge in [0.1, 0.15) is 17.2 Å². The minimum absolute atomic E-state index is 0.0715. The van der Waals surface area contributed by atoms with Gasteiger partial charge in [0.05, 0.1) is 20.3 Å². The van der Waals surface area contributed by atoms with Crippen molar-refractivity contribution in [1.29, 1.82) is 0 Å². The summed E-state index contributed by atoms with van der Waals surface area (Å²) in [7, 11) is 3.12. The van der Waals surface area contributed by atoms with Gasteiger partial charge in [-0.2, -0.15) is 13.2 Å². The molecule has 0 radical (unpaired) electrons. The Balaban J connectivity index is 1.99. The maximum absolute atomic E-state index is 12.9. The highest BCUT2D eigenvalue weighted by Gasteiger charge is 2.35. The summed E-state index contributed by atoms with van der Waals surface area (Å²) in [5.74, 6) is 1.39. The van der Waals surface area contributed by atoms with Gasteiger partial charge in [0.15, 0.2) is 0 Å². The van der Waals surface area contributed by atoms with Crippen molar-refractivity contribution in [2.24, 2.45) is 0 Å². The molecule has 0 bridgehead atoms. The summed E-state index contributed by atoms with van der Waals surface area (Å²) in [6, 6.07) is 6.12. The minimum Gasteiger partial charge on any atom is -0.497 e. The average molecular weight is 353 g/mol. The first-order chi connectivity index (χ1) is 11.9. The van der Waals surface area contributed by atoms with Crippen molar-refractivity contribution >= 4 is 5.95 Å². The first-order valence-corrected chi connectivity index (χ1v) is 7.83. The molecule has 1 aliphatic rings. The second-order valence-corrected chi connectivity index (χ2v) is 5.70. The molecule has 8 heteroatoms. The molecule has 1 aromatic carbocycles. The lowest BCUT2D eigenvalue weighted by atomic mass is 10.0. The first kappa shape index (κ1) is 17.3. The normalized spacial score (nSPS) is 17.6. The van der Waals surface area contributed by atoms with Gasteiger partial charge in [-0.25, -0.2) is 9.97 Å². The number of halogens is 3. The van der Waals surface area contributed by atoms with Gasteiger partial charge in [0, 0.05) is 18.3 Å². The van der Waals surface area contributed by atoms with Crippen LogP contribution in [0, 0.1) is 0 Å². The highest BCUT2D eigenvalue weighted by atomic mass is 19.4. The number of rotatable bonds is 4. The second-order valence-electron chi connectivity index (χ2n) is 5.70. The Morgan fingerprint density at radius 2 is 1.96 bits per heavy atom. The summed E-state index contributed by atoms with van der Waals surface area (Å²) in [5, 5.41) is 0. The fourth-order valence-electron chi connectivity index (χ4n) is 3.07. The SMILES string of the molecule is COc1ccc(OC)c(C2CCCN2c2nccc(C(F)(F)F)n2)c1. The zero-order chi connectivity index (χ0) is 18.0. The largest absolute Gasteiger partial charge is 0.497 e. The van der Waals surface area contributed by atoms with E-state index < -0.39 is 11.9 Å². The maximum atomic E-state index is 12.9. The zero-order valence-electron chi connectivity index (χ0n) is 13.9. The van der Waals surface area contributed by atoms with Crippen molar-refractivity contribution in [2.75, 3.05) is 25.7 Å². The first-order valence-electron chi connectivity index (χ1n) is 7.83. The number of benzene rings is 1. The number of hydrogen-bond donors (Lipinski definition) is 0. The van der Waals surface area contributed by atoms with Crippen LogP contribution in [0.4, 0.5) is 19.1 Å². The van der Waals surface area contributed by atoms with Crippen molar-refractivity contribution < 1.29 is 22.6 Å². The van der Waals surface area contributed by atoms with Crippen molar-refractivity contribution in [1.82, 2.24) is 9.97 Å². The predicted octanol–water partition coefficient (Wildman–Crippen LogP) is 3.85. The summed E-state index contributed by atoms with van der Waals surface area (Å²) in [6.07, 6.45) is -1.77. The number of hydrogen-bond acceptors (Lipinski definition) is 5. The van der Waals surface area contributed by atoms with E-state index in [0.717, 1.165) is 30.7 Å². The molecule has 0 spiro atoms. The Morgan fingerprint density at radius 3 is 2.64 bits per heavy atom. The van der Waals surface area contributed by atoms with Crippen LogP contribution in [0.5, 0.6) is 11.5 Å². The van der Waals surface area contributed by atoms with E-state index in [4.69, 9.17) is 9.47 Å². The Morgan fingerprint density at radius 1 is 1.16 bits per heavy atom. The molecule has 3 rings (SSSR count). The summed E-state index contributed by atoms with van der Waals surface area (Å²) in [4.78, 5) is 9.55. The third-order valence-electron chi connectivity index (χ3n) is 4.24. The molecule has 2 heterocycles. The second kappa shape index (κ2) is 6.78. The molecule has 25 heavy (non-hydrogen) atoms. The van der Waals surface area contributed by atoms with Crippen molar-refractivity contribution in [2.45, 2.75) is 25.1 Å². The molecule has 1 aliphatic heterocycles. The van der Waals surface area contributed by atoms with E-state index in [9.17, 15) is 13.2 Å². The van der Waals surface area contributed by atoms with Gasteiger partial charge in [0.2, 0.25) is 5.95 Å². The van der Waals surface area contributed by atoms with Crippen LogP contribution in [-0.4, -0.2) is 30.7 Å². The standard InChI is InChI=1S/C17H18F3N3O2/c1-24-11-5-6-14(25-2)12(10-11)13-4-3-9-23(13)16-21-8-7-15(22-16)17(18,19)20/h5-8,10,13H,3-4,9H2,1-2H3. The maximum Gasteiger partial charge on any atom is 0.433 e. The molecule has 134 valence electrons. The van der Waals surface area contributed by atoms with Crippen LogP contribution in [-0.2, 0) is 6.18 Å². The van der Waals surface area contributed by atoms with Gasteiger partial charge in [-0.3, -0.25) is 0 Å². The fourth-order valence-corrected chi connectivity index (χ4v) is 3.07. The number of anilines is 1. The van der Waals surface area contributed by atoms with Crippen LogP contribution < -0.4 is 14.4 Å². The van der Waals surface area contributed by atoms with Gasteiger partial charge >= 0.3 is 6.18 Å². The predicted molar refractivity (Wildman–Crippen MR) is 85.9 cm³/mol. The van der Waals surface area contributed by atoms with E-state index in [0.29, 0.717) is 18.0 Å². The highest BCUT2D eigenvalue weighted by molar-refractivity contribution is 5.48. The van der Waals surface area contributed by atoms with Gasteiger partial charge in [-0.05, 0) is 37.1 Å². The van der Waals surface area contributed by atoms with E-state index >= 15 is 0 Å². The molecule has 0 N–H and O–H groups in total. The molecule has 1 atom stereocenters. The van der Waals surface area contributed by atoms with E-state index in [2.05, 4.69) is 9.97 Å². The van der Waals surface area contributed by atoms with Crippen LogP contribution in [0.1, 0.15) is 30.1 Å². The summed E-state index contributed by atoms with van der Waals surface area (Å²) >= 11 is 0. The number of aromatic nitrogens is 2. The van der Waals surface area contributed by atoms with Gasteiger partial charge < -0.3 is 14.4 Å². The van der Waals surface area contributed by atoms with E-state index in [1.54, 1.807) is 31.3 Å². The van der Waals surface area contributed by atoms with Crippen LogP contribution in [0.3, 0.4) is 0 Å². The van der Waals surface area contributed by atoms with Gasteiger partial charge in [-0.15, -0.1) is 0 Å². The number of nitrogens with zero attached hydrogens (tertiary/aromatic N) is 3. The number of ether oxygens (including phenoxy) is 2. The number of alkyl halides is 3. The van der Waals surface area contributed by atoms with Crippen LogP contribution in [0.25, 0.3) is 0 Å². The third kappa shape index (κ3) is 3.47. The molecule has 0 aliphatic carbocycles. The molecule has 1 unspecified atom stereocenters. The van der Waals surface area contributed by atoms with E-state index in [1.807, 2.05) is 6.07 Å². The van der Waals surface area contributed by atoms with Crippen LogP contribution in [0.2, 0.25) is 0 Å². The third-order valence-corrected chi connectivity index (χ3v) is 4.24. The Bertz CT molecular complexity index is 752. The molecule has 1 saturated heterocycles. The average Bonchev–Trinajstić information content (AvgIpc) is 3.10. The smallest absolute Gasteiger partial charge is 0.433 e. The molecular formula is C17H18F3N3O2. The van der Waals surface area contributed by atoms with Crippen LogP contribution in [0.15, 0.2) is 30.5 Å². The van der Waals surface area contributed by atoms with Crippen molar-refractivity contribution in [3.63, 3.8) is 0 Å². The summed E-state index contributed by atoms with van der Waals surface area (Å²) in [6.45, 7) is 0.576. The van der Waals surface area contributed by atoms with Crippen LogP contribution >= 0.6 is 0 Å². The highest BCUT2D eigenvalue weighted by Crippen LogP contribution is 2.40. The monoisotopic (exact) mass is 353 g/mol. The minimum atomic E-state index is -4.50.